The molecule has 2 amide bonds. The lowest BCUT2D eigenvalue weighted by Crippen LogP contribution is -2.55. The van der Waals surface area contributed by atoms with E-state index in [1.165, 1.54) is 0 Å². The molecule has 2 aliphatic heterocycles. The van der Waals surface area contributed by atoms with E-state index < -0.39 is 23.6 Å². The number of carbonyl (C=O) groups excluding carboxylic acids is 3. The maximum atomic E-state index is 13.9. The van der Waals surface area contributed by atoms with Gasteiger partial charge in [0, 0.05) is 30.1 Å². The Morgan fingerprint density at radius 3 is 2.64 bits per heavy atom. The van der Waals surface area contributed by atoms with Crippen molar-refractivity contribution in [1.29, 1.82) is 0 Å². The average Bonchev–Trinajstić information content (AvgIpc) is 3.43. The first-order chi connectivity index (χ1) is 17.2. The topological polar surface area (TPSA) is 88.6 Å². The van der Waals surface area contributed by atoms with Crippen LogP contribution in [0.25, 0.3) is 11.1 Å². The smallest absolute Gasteiger partial charge is 0.251 e. The summed E-state index contributed by atoms with van der Waals surface area (Å²) in [6.45, 7) is 4.68. The maximum Gasteiger partial charge on any atom is 0.251 e. The lowest BCUT2D eigenvalue weighted by molar-refractivity contribution is -0.139. The number of benzene rings is 1. The third-order valence-corrected chi connectivity index (χ3v) is 8.32. The van der Waals surface area contributed by atoms with Crippen molar-refractivity contribution in [2.45, 2.75) is 63.1 Å². The second-order valence-electron chi connectivity index (χ2n) is 11.0. The first-order valence-electron chi connectivity index (χ1n) is 12.6. The molecule has 3 aliphatic rings. The van der Waals surface area contributed by atoms with Crippen LogP contribution in [0, 0.1) is 11.3 Å². The molecule has 1 N–H and O–H groups in total. The van der Waals surface area contributed by atoms with E-state index in [2.05, 4.69) is 24.1 Å². The second-order valence-corrected chi connectivity index (χ2v) is 11.5. The number of halogens is 1. The Bertz CT molecular complexity index is 1140. The van der Waals surface area contributed by atoms with E-state index >= 15 is 0 Å². The Labute approximate surface area is 216 Å². The molecule has 7 nitrogen and oxygen atoms in total. The fourth-order valence-electron chi connectivity index (χ4n) is 5.74. The molecule has 2 aromatic rings. The number of ketones is 1. The minimum Gasteiger partial charge on any atom is -0.366 e. The lowest BCUT2D eigenvalue weighted by Gasteiger charge is -2.39. The van der Waals surface area contributed by atoms with Crippen molar-refractivity contribution in [1.82, 2.24) is 15.2 Å². The molecule has 36 heavy (non-hydrogen) atoms. The number of amides is 2. The van der Waals surface area contributed by atoms with Crippen LogP contribution in [-0.4, -0.2) is 64.2 Å². The molecule has 2 saturated heterocycles. The summed E-state index contributed by atoms with van der Waals surface area (Å²) in [4.78, 5) is 45.7. The predicted molar refractivity (Wildman–Crippen MR) is 137 cm³/mol. The summed E-state index contributed by atoms with van der Waals surface area (Å²) in [5.74, 6) is -0.693. The van der Waals surface area contributed by atoms with Gasteiger partial charge in [0.2, 0.25) is 5.91 Å². The largest absolute Gasteiger partial charge is 0.366 e. The van der Waals surface area contributed by atoms with Crippen molar-refractivity contribution in [3.05, 3.63) is 54.4 Å². The number of likely N-dealkylation sites (tertiary alicyclic amines) is 1. The van der Waals surface area contributed by atoms with Crippen LogP contribution in [-0.2, 0) is 14.3 Å². The Hall–Kier alpha value is -2.77. The molecular formula is C28H32ClN3O4. The van der Waals surface area contributed by atoms with Gasteiger partial charge < -0.3 is 15.0 Å². The van der Waals surface area contributed by atoms with Crippen LogP contribution in [0.2, 0.25) is 0 Å². The molecule has 8 heteroatoms. The van der Waals surface area contributed by atoms with Crippen LogP contribution in [0.3, 0.4) is 0 Å². The van der Waals surface area contributed by atoms with Crippen LogP contribution >= 0.6 is 11.6 Å². The summed E-state index contributed by atoms with van der Waals surface area (Å²) in [5.41, 5.74) is 2.46. The average molecular weight is 510 g/mol. The normalized spacial score (nSPS) is 26.5. The van der Waals surface area contributed by atoms with Gasteiger partial charge in [-0.15, -0.1) is 11.6 Å². The summed E-state index contributed by atoms with van der Waals surface area (Å²) in [6, 6.07) is 9.70. The summed E-state index contributed by atoms with van der Waals surface area (Å²) in [5, 5.41) is 2.61. The van der Waals surface area contributed by atoms with Gasteiger partial charge in [-0.1, -0.05) is 32.0 Å². The van der Waals surface area contributed by atoms with Gasteiger partial charge in [-0.25, -0.2) is 0 Å². The van der Waals surface area contributed by atoms with Crippen molar-refractivity contribution in [3.8, 4) is 11.1 Å². The summed E-state index contributed by atoms with van der Waals surface area (Å²) < 4.78 is 5.57. The van der Waals surface area contributed by atoms with Gasteiger partial charge in [-0.3, -0.25) is 19.4 Å². The molecule has 3 heterocycles. The minimum absolute atomic E-state index is 0.0128. The molecule has 0 unspecified atom stereocenters. The highest BCUT2D eigenvalue weighted by molar-refractivity contribution is 6.22. The molecule has 3 fully saturated rings. The number of pyridine rings is 1. The van der Waals surface area contributed by atoms with E-state index in [-0.39, 0.29) is 42.1 Å². The number of Topliss-reactive ketones (excluding diaryl/α,β-unsaturated/α-hetero) is 1. The Kier molecular flexibility index (Phi) is 6.88. The number of alkyl halides is 1. The van der Waals surface area contributed by atoms with Crippen molar-refractivity contribution >= 4 is 29.2 Å². The third kappa shape index (κ3) is 4.91. The maximum absolute atomic E-state index is 13.9. The molecular weight excluding hydrogens is 478 g/mol. The molecule has 0 spiro atoms. The Morgan fingerprint density at radius 1 is 1.17 bits per heavy atom. The fraction of sp³-hybridized carbons (Fsp3) is 0.500. The van der Waals surface area contributed by atoms with Gasteiger partial charge in [-0.05, 0) is 60.8 Å². The number of aromatic nitrogens is 1. The second kappa shape index (κ2) is 9.94. The summed E-state index contributed by atoms with van der Waals surface area (Å²) in [7, 11) is 0. The molecule has 4 atom stereocenters. The molecule has 1 aromatic carbocycles. The zero-order chi connectivity index (χ0) is 25.4. The molecule has 1 aromatic heterocycles. The van der Waals surface area contributed by atoms with Gasteiger partial charge >= 0.3 is 0 Å². The van der Waals surface area contributed by atoms with E-state index in [0.29, 0.717) is 5.56 Å². The number of hydrogen-bond acceptors (Lipinski definition) is 5. The van der Waals surface area contributed by atoms with Gasteiger partial charge in [0.05, 0.1) is 5.38 Å². The monoisotopic (exact) mass is 509 g/mol. The SMILES string of the molecule is CC1(C)CCC([C@H](NC(=O)c2cccc(-c3cccnc3)c2)C(=O)N2C[C@H](Cl)[C@H]3OCC(=O)[C@H]32)CC1. The Balaban J connectivity index is 1.40. The highest BCUT2D eigenvalue weighted by atomic mass is 35.5. The number of hydrogen-bond donors (Lipinski definition) is 1. The number of fused-ring (bicyclic) bond motifs is 1. The number of nitrogens with one attached hydrogen (secondary N) is 1. The van der Waals surface area contributed by atoms with Gasteiger partial charge in [0.15, 0.2) is 5.78 Å². The van der Waals surface area contributed by atoms with Crippen molar-refractivity contribution in [2.75, 3.05) is 13.2 Å². The third-order valence-electron chi connectivity index (χ3n) is 7.93. The fourth-order valence-corrected chi connectivity index (χ4v) is 6.10. The number of rotatable bonds is 5. The quantitative estimate of drug-likeness (QED) is 0.618. The van der Waals surface area contributed by atoms with Crippen molar-refractivity contribution < 1.29 is 19.1 Å². The summed E-state index contributed by atoms with van der Waals surface area (Å²) in [6.07, 6.45) is 6.57. The predicted octanol–water partition coefficient (Wildman–Crippen LogP) is 3.85. The van der Waals surface area contributed by atoms with E-state index in [4.69, 9.17) is 16.3 Å². The first kappa shape index (κ1) is 24.9. The number of nitrogens with zero attached hydrogens (tertiary/aromatic N) is 2. The molecule has 1 saturated carbocycles. The van der Waals surface area contributed by atoms with E-state index in [1.807, 2.05) is 30.3 Å². The van der Waals surface area contributed by atoms with E-state index in [0.717, 1.165) is 36.8 Å². The molecule has 0 radical (unpaired) electrons. The van der Waals surface area contributed by atoms with Crippen LogP contribution in [0.4, 0.5) is 0 Å². The molecule has 5 rings (SSSR count). The number of carbonyl (C=O) groups is 3. The minimum atomic E-state index is -0.730. The van der Waals surface area contributed by atoms with Crippen molar-refractivity contribution in [2.24, 2.45) is 11.3 Å². The van der Waals surface area contributed by atoms with E-state index in [9.17, 15) is 14.4 Å². The molecule has 1 aliphatic carbocycles. The lowest BCUT2D eigenvalue weighted by atomic mass is 9.71. The zero-order valence-electron chi connectivity index (χ0n) is 20.7. The summed E-state index contributed by atoms with van der Waals surface area (Å²) >= 11 is 6.46. The van der Waals surface area contributed by atoms with Crippen LogP contribution in [0.5, 0.6) is 0 Å². The standard InChI is InChI=1S/C28H32ClN3O4/c1-28(2)10-8-17(9-11-28)23(27(35)32-15-21(29)25-24(32)22(33)16-36-25)31-26(34)19-6-3-5-18(13-19)20-7-4-12-30-14-20/h3-7,12-14,17,21,23-25H,8-11,15-16H2,1-2H3,(H,31,34)/t21-,23-,24+,25+/m0/s1. The van der Waals surface area contributed by atoms with Crippen LogP contribution in [0.15, 0.2) is 48.8 Å². The zero-order valence-corrected chi connectivity index (χ0v) is 21.4. The van der Waals surface area contributed by atoms with Gasteiger partial charge in [-0.2, -0.15) is 0 Å². The van der Waals surface area contributed by atoms with Gasteiger partial charge in [0.1, 0.15) is 24.8 Å². The van der Waals surface area contributed by atoms with Crippen LogP contribution < -0.4 is 5.32 Å². The highest BCUT2D eigenvalue weighted by Gasteiger charge is 2.53. The molecule has 190 valence electrons. The Morgan fingerprint density at radius 2 is 1.92 bits per heavy atom. The van der Waals surface area contributed by atoms with Crippen molar-refractivity contribution in [3.63, 3.8) is 0 Å². The highest BCUT2D eigenvalue weighted by Crippen LogP contribution is 2.40. The van der Waals surface area contributed by atoms with Gasteiger partial charge in [0.25, 0.3) is 5.91 Å². The molecule has 0 bridgehead atoms. The first-order valence-corrected chi connectivity index (χ1v) is 13.1. The number of ether oxygens (including phenoxy) is 1. The van der Waals surface area contributed by atoms with Crippen LogP contribution in [0.1, 0.15) is 49.9 Å². The van der Waals surface area contributed by atoms with E-state index in [1.54, 1.807) is 23.4 Å².